The molecule has 2 heteroatoms. The molecule has 2 aromatic carbocycles. The molecule has 0 heterocycles. The van der Waals surface area contributed by atoms with Crippen molar-refractivity contribution in [2.75, 3.05) is 5.73 Å². The Morgan fingerprint density at radius 3 is 2.22 bits per heavy atom. The van der Waals surface area contributed by atoms with Crippen molar-refractivity contribution < 1.29 is 0 Å². The molecule has 1 unspecified atom stereocenters. The topological polar surface area (TPSA) is 26.0 Å². The van der Waals surface area contributed by atoms with Crippen LogP contribution in [0.1, 0.15) is 35.1 Å². The van der Waals surface area contributed by atoms with Crippen LogP contribution < -0.4 is 5.73 Å². The summed E-state index contributed by atoms with van der Waals surface area (Å²) in [6, 6.07) is 12.3. The van der Waals surface area contributed by atoms with E-state index in [1.54, 1.807) is 0 Å². The van der Waals surface area contributed by atoms with Gasteiger partial charge in [0.1, 0.15) is 0 Å². The molecule has 94 valence electrons. The Kier molecular flexibility index (Phi) is 3.63. The minimum Gasteiger partial charge on any atom is -0.399 e. The lowest BCUT2D eigenvalue weighted by Gasteiger charge is -2.17. The standard InChI is InChI=1S/C16H18ClN/c1-10-9-16(17)11(2)8-15(10)12(3)13-4-6-14(18)7-5-13/h4-9,12H,18H2,1-3H3. The first-order valence-corrected chi connectivity index (χ1v) is 6.49. The molecule has 1 atom stereocenters. The Hall–Kier alpha value is -1.47. The highest BCUT2D eigenvalue weighted by Gasteiger charge is 2.12. The Balaban J connectivity index is 2.42. The van der Waals surface area contributed by atoms with Crippen LogP contribution in [0, 0.1) is 13.8 Å². The second kappa shape index (κ2) is 5.03. The molecule has 0 aromatic heterocycles. The van der Waals surface area contributed by atoms with Crippen molar-refractivity contribution in [1.29, 1.82) is 0 Å². The van der Waals surface area contributed by atoms with E-state index in [2.05, 4.69) is 32.0 Å². The van der Waals surface area contributed by atoms with E-state index in [4.69, 9.17) is 17.3 Å². The number of halogens is 1. The third-order valence-electron chi connectivity index (χ3n) is 3.45. The van der Waals surface area contributed by atoms with Gasteiger partial charge in [-0.15, -0.1) is 0 Å². The highest BCUT2D eigenvalue weighted by molar-refractivity contribution is 6.31. The molecule has 0 spiro atoms. The van der Waals surface area contributed by atoms with Crippen LogP contribution in [0.5, 0.6) is 0 Å². The number of rotatable bonds is 2. The highest BCUT2D eigenvalue weighted by Crippen LogP contribution is 2.30. The third kappa shape index (κ3) is 2.51. The molecule has 0 aliphatic rings. The maximum atomic E-state index is 6.14. The largest absolute Gasteiger partial charge is 0.399 e. The lowest BCUT2D eigenvalue weighted by molar-refractivity contribution is 0.908. The van der Waals surface area contributed by atoms with Crippen molar-refractivity contribution in [1.82, 2.24) is 0 Å². The van der Waals surface area contributed by atoms with Crippen LogP contribution in [0.15, 0.2) is 36.4 Å². The molecule has 0 aliphatic carbocycles. The third-order valence-corrected chi connectivity index (χ3v) is 3.86. The van der Waals surface area contributed by atoms with E-state index in [0.717, 1.165) is 16.3 Å². The SMILES string of the molecule is Cc1cc(C(C)c2ccc(N)cc2)c(C)cc1Cl. The molecule has 0 amide bonds. The van der Waals surface area contributed by atoms with Crippen LogP contribution in [-0.2, 0) is 0 Å². The summed E-state index contributed by atoms with van der Waals surface area (Å²) in [6.07, 6.45) is 0. The van der Waals surface area contributed by atoms with Crippen LogP contribution in [0.25, 0.3) is 0 Å². The fourth-order valence-electron chi connectivity index (χ4n) is 2.23. The van der Waals surface area contributed by atoms with Crippen molar-refractivity contribution in [2.45, 2.75) is 26.7 Å². The van der Waals surface area contributed by atoms with E-state index >= 15 is 0 Å². The molecule has 0 bridgehead atoms. The predicted octanol–water partition coefficient (Wildman–Crippen LogP) is 4.69. The summed E-state index contributed by atoms with van der Waals surface area (Å²) < 4.78 is 0. The first-order chi connectivity index (χ1) is 8.49. The molecule has 1 nitrogen and oxygen atoms in total. The molecule has 2 rings (SSSR count). The fourth-order valence-corrected chi connectivity index (χ4v) is 2.45. The monoisotopic (exact) mass is 259 g/mol. The molecule has 0 saturated carbocycles. The van der Waals surface area contributed by atoms with Gasteiger partial charge in [0.25, 0.3) is 0 Å². The van der Waals surface area contributed by atoms with E-state index in [1.165, 1.54) is 16.7 Å². The Morgan fingerprint density at radius 2 is 1.61 bits per heavy atom. The van der Waals surface area contributed by atoms with Gasteiger partial charge in [-0.2, -0.15) is 0 Å². The number of nitrogens with two attached hydrogens (primary N) is 1. The number of benzene rings is 2. The zero-order valence-electron chi connectivity index (χ0n) is 11.0. The normalized spacial score (nSPS) is 12.4. The van der Waals surface area contributed by atoms with Gasteiger partial charge in [0.05, 0.1) is 0 Å². The smallest absolute Gasteiger partial charge is 0.0438 e. The first-order valence-electron chi connectivity index (χ1n) is 6.11. The summed E-state index contributed by atoms with van der Waals surface area (Å²) >= 11 is 6.14. The number of aryl methyl sites for hydroxylation is 2. The van der Waals surface area contributed by atoms with Gasteiger partial charge in [-0.3, -0.25) is 0 Å². The second-order valence-corrected chi connectivity index (χ2v) is 5.25. The van der Waals surface area contributed by atoms with E-state index < -0.39 is 0 Å². The second-order valence-electron chi connectivity index (χ2n) is 4.85. The zero-order chi connectivity index (χ0) is 13.3. The molecule has 0 fully saturated rings. The summed E-state index contributed by atoms with van der Waals surface area (Å²) in [5.41, 5.74) is 11.5. The van der Waals surface area contributed by atoms with Gasteiger partial charge >= 0.3 is 0 Å². The number of hydrogen-bond donors (Lipinski definition) is 1. The molecular weight excluding hydrogens is 242 g/mol. The van der Waals surface area contributed by atoms with Gasteiger partial charge in [0.2, 0.25) is 0 Å². The summed E-state index contributed by atoms with van der Waals surface area (Å²) in [7, 11) is 0. The minimum atomic E-state index is 0.349. The van der Waals surface area contributed by atoms with Crippen LogP contribution in [0.4, 0.5) is 5.69 Å². The lowest BCUT2D eigenvalue weighted by Crippen LogP contribution is -2.00. The lowest BCUT2D eigenvalue weighted by atomic mass is 9.89. The fraction of sp³-hybridized carbons (Fsp3) is 0.250. The molecule has 2 N–H and O–H groups in total. The Bertz CT molecular complexity index is 558. The quantitative estimate of drug-likeness (QED) is 0.778. The van der Waals surface area contributed by atoms with Gasteiger partial charge in [0, 0.05) is 16.6 Å². The summed E-state index contributed by atoms with van der Waals surface area (Å²) in [6.45, 7) is 6.36. The van der Waals surface area contributed by atoms with Crippen LogP contribution >= 0.6 is 11.6 Å². The van der Waals surface area contributed by atoms with Crippen molar-refractivity contribution >= 4 is 17.3 Å². The molecule has 2 aromatic rings. The van der Waals surface area contributed by atoms with Crippen LogP contribution in [0.3, 0.4) is 0 Å². The van der Waals surface area contributed by atoms with Gasteiger partial charge in [0.15, 0.2) is 0 Å². The Labute approximate surface area is 114 Å². The maximum absolute atomic E-state index is 6.14. The van der Waals surface area contributed by atoms with Gasteiger partial charge < -0.3 is 5.73 Å². The molecule has 0 aliphatic heterocycles. The molecule has 0 radical (unpaired) electrons. The highest BCUT2D eigenvalue weighted by atomic mass is 35.5. The van der Waals surface area contributed by atoms with Crippen molar-refractivity contribution in [3.05, 3.63) is 63.7 Å². The van der Waals surface area contributed by atoms with E-state index in [1.807, 2.05) is 25.1 Å². The van der Waals surface area contributed by atoms with Gasteiger partial charge in [-0.1, -0.05) is 36.7 Å². The number of hydrogen-bond acceptors (Lipinski definition) is 1. The van der Waals surface area contributed by atoms with E-state index in [9.17, 15) is 0 Å². The van der Waals surface area contributed by atoms with Crippen molar-refractivity contribution in [2.24, 2.45) is 0 Å². The first kappa shape index (κ1) is 13.0. The van der Waals surface area contributed by atoms with Gasteiger partial charge in [-0.25, -0.2) is 0 Å². The summed E-state index contributed by atoms with van der Waals surface area (Å²) in [5, 5.41) is 0.834. The molecule has 0 saturated heterocycles. The maximum Gasteiger partial charge on any atom is 0.0438 e. The average Bonchev–Trinajstić information content (AvgIpc) is 2.34. The number of anilines is 1. The number of nitrogen functional groups attached to an aromatic ring is 1. The van der Waals surface area contributed by atoms with E-state index in [-0.39, 0.29) is 0 Å². The predicted molar refractivity (Wildman–Crippen MR) is 79.3 cm³/mol. The van der Waals surface area contributed by atoms with Crippen LogP contribution in [0.2, 0.25) is 5.02 Å². The Morgan fingerprint density at radius 1 is 1.00 bits per heavy atom. The molecule has 18 heavy (non-hydrogen) atoms. The van der Waals surface area contributed by atoms with Crippen LogP contribution in [-0.4, -0.2) is 0 Å². The summed E-state index contributed by atoms with van der Waals surface area (Å²) in [4.78, 5) is 0. The van der Waals surface area contributed by atoms with Crippen molar-refractivity contribution in [3.63, 3.8) is 0 Å². The van der Waals surface area contributed by atoms with E-state index in [0.29, 0.717) is 5.92 Å². The summed E-state index contributed by atoms with van der Waals surface area (Å²) in [5.74, 6) is 0.349. The minimum absolute atomic E-state index is 0.349. The average molecular weight is 260 g/mol. The van der Waals surface area contributed by atoms with Crippen molar-refractivity contribution in [3.8, 4) is 0 Å². The zero-order valence-corrected chi connectivity index (χ0v) is 11.8. The molecular formula is C16H18ClN. The van der Waals surface area contributed by atoms with Gasteiger partial charge in [-0.05, 0) is 54.3 Å².